The Kier molecular flexibility index (Phi) is 3.13. The second-order valence-electron chi connectivity index (χ2n) is 4.43. The third-order valence-corrected chi connectivity index (χ3v) is 4.22. The SMILES string of the molecule is CCn1c2ccccc2n2c(S[C@@H](C)C(=O)[O-])nnc12. The molecule has 0 saturated heterocycles. The molecule has 0 saturated carbocycles. The molecule has 3 aromatic rings. The average Bonchev–Trinajstić information content (AvgIpc) is 2.97. The van der Waals surface area contributed by atoms with E-state index in [1.165, 1.54) is 0 Å². The van der Waals surface area contributed by atoms with Gasteiger partial charge in [-0.25, -0.2) is 0 Å². The minimum absolute atomic E-state index is 0.570. The summed E-state index contributed by atoms with van der Waals surface area (Å²) in [6.45, 7) is 4.40. The Morgan fingerprint density at radius 1 is 1.35 bits per heavy atom. The van der Waals surface area contributed by atoms with Crippen LogP contribution >= 0.6 is 11.8 Å². The number of fused-ring (bicyclic) bond motifs is 3. The number of aromatic nitrogens is 4. The van der Waals surface area contributed by atoms with E-state index in [-0.39, 0.29) is 0 Å². The van der Waals surface area contributed by atoms with Gasteiger partial charge < -0.3 is 14.5 Å². The van der Waals surface area contributed by atoms with Crippen LogP contribution in [0.4, 0.5) is 0 Å². The fourth-order valence-corrected chi connectivity index (χ4v) is 3.02. The number of hydrogen-bond acceptors (Lipinski definition) is 5. The number of para-hydroxylation sites is 2. The van der Waals surface area contributed by atoms with E-state index in [4.69, 9.17) is 0 Å². The summed E-state index contributed by atoms with van der Waals surface area (Å²) in [5, 5.41) is 19.1. The Morgan fingerprint density at radius 3 is 2.70 bits per heavy atom. The zero-order chi connectivity index (χ0) is 14.3. The van der Waals surface area contributed by atoms with E-state index >= 15 is 0 Å². The lowest BCUT2D eigenvalue weighted by Crippen LogP contribution is -2.31. The van der Waals surface area contributed by atoms with Crippen LogP contribution in [-0.2, 0) is 11.3 Å². The van der Waals surface area contributed by atoms with Gasteiger partial charge in [0.25, 0.3) is 0 Å². The normalized spacial score (nSPS) is 13.1. The summed E-state index contributed by atoms with van der Waals surface area (Å²) in [5.74, 6) is -0.382. The predicted octanol–water partition coefficient (Wildman–Crippen LogP) is 0.934. The number of nitrogens with zero attached hydrogens (tertiary/aromatic N) is 4. The standard InChI is InChI=1S/C13H14N4O2S/c1-3-16-9-6-4-5-7-10(9)17-12(16)14-15-13(17)20-8(2)11(18)19/h4-8H,3H2,1-2H3,(H,18,19)/p-1/t8-/m0/s1. The first-order chi connectivity index (χ1) is 9.63. The van der Waals surface area contributed by atoms with Crippen molar-refractivity contribution in [2.75, 3.05) is 0 Å². The van der Waals surface area contributed by atoms with Gasteiger partial charge in [-0.05, 0) is 26.0 Å². The monoisotopic (exact) mass is 289 g/mol. The quantitative estimate of drug-likeness (QED) is 0.668. The van der Waals surface area contributed by atoms with Gasteiger partial charge >= 0.3 is 0 Å². The Hall–Kier alpha value is -2.02. The van der Waals surface area contributed by atoms with Gasteiger partial charge in [-0.2, -0.15) is 0 Å². The molecule has 1 atom stereocenters. The molecule has 0 aliphatic rings. The van der Waals surface area contributed by atoms with Crippen molar-refractivity contribution >= 4 is 34.5 Å². The molecule has 0 amide bonds. The molecule has 6 nitrogen and oxygen atoms in total. The number of aliphatic carboxylic acids is 1. The van der Waals surface area contributed by atoms with Crippen molar-refractivity contribution in [1.29, 1.82) is 0 Å². The van der Waals surface area contributed by atoms with Crippen molar-refractivity contribution in [1.82, 2.24) is 19.2 Å². The molecule has 0 spiro atoms. The van der Waals surface area contributed by atoms with E-state index in [0.29, 0.717) is 5.16 Å². The molecule has 1 aromatic carbocycles. The zero-order valence-electron chi connectivity index (χ0n) is 11.1. The summed E-state index contributed by atoms with van der Waals surface area (Å²) in [6, 6.07) is 7.91. The van der Waals surface area contributed by atoms with Crippen LogP contribution in [0.3, 0.4) is 0 Å². The molecular weight excluding hydrogens is 276 g/mol. The second kappa shape index (κ2) is 4.82. The minimum atomic E-state index is -1.11. The number of carbonyl (C=O) groups excluding carboxylic acids is 1. The molecule has 0 unspecified atom stereocenters. The van der Waals surface area contributed by atoms with E-state index in [1.54, 1.807) is 6.92 Å². The number of carboxylic acids is 1. The molecule has 7 heteroatoms. The maximum absolute atomic E-state index is 10.9. The summed E-state index contributed by atoms with van der Waals surface area (Å²) >= 11 is 1.14. The summed E-state index contributed by atoms with van der Waals surface area (Å²) in [4.78, 5) is 10.9. The molecule has 0 aliphatic heterocycles. The molecule has 2 heterocycles. The number of hydrogen-bond donors (Lipinski definition) is 0. The van der Waals surface area contributed by atoms with Crippen molar-refractivity contribution in [2.45, 2.75) is 30.8 Å². The van der Waals surface area contributed by atoms with E-state index in [0.717, 1.165) is 35.1 Å². The van der Waals surface area contributed by atoms with Crippen molar-refractivity contribution in [2.24, 2.45) is 0 Å². The Morgan fingerprint density at radius 2 is 2.05 bits per heavy atom. The molecule has 2 aromatic heterocycles. The van der Waals surface area contributed by atoms with Crippen LogP contribution in [0, 0.1) is 0 Å². The highest BCUT2D eigenvalue weighted by molar-refractivity contribution is 8.00. The molecule has 104 valence electrons. The second-order valence-corrected chi connectivity index (χ2v) is 5.74. The molecule has 0 aliphatic carbocycles. The number of carboxylic acid groups (broad SMARTS) is 1. The first kappa shape index (κ1) is 13.0. The smallest absolute Gasteiger partial charge is 0.237 e. The van der Waals surface area contributed by atoms with Gasteiger partial charge in [0.05, 0.1) is 17.0 Å². The molecule has 0 bridgehead atoms. The summed E-state index contributed by atoms with van der Waals surface area (Å²) in [5.41, 5.74) is 2.03. The van der Waals surface area contributed by atoms with Gasteiger partial charge in [-0.15, -0.1) is 10.2 Å². The number of imidazole rings is 1. The van der Waals surface area contributed by atoms with Crippen LogP contribution < -0.4 is 5.11 Å². The number of thioether (sulfide) groups is 1. The topological polar surface area (TPSA) is 75.2 Å². The van der Waals surface area contributed by atoms with E-state index in [1.807, 2.05) is 35.6 Å². The van der Waals surface area contributed by atoms with Crippen LogP contribution in [0.2, 0.25) is 0 Å². The average molecular weight is 289 g/mol. The van der Waals surface area contributed by atoms with Crippen molar-refractivity contribution in [3.63, 3.8) is 0 Å². The largest absolute Gasteiger partial charge is 0.549 e. The summed E-state index contributed by atoms with van der Waals surface area (Å²) in [6.07, 6.45) is 0. The molecule has 20 heavy (non-hydrogen) atoms. The first-order valence-electron chi connectivity index (χ1n) is 6.33. The van der Waals surface area contributed by atoms with Gasteiger partial charge in [0.15, 0.2) is 5.16 Å². The fraction of sp³-hybridized carbons (Fsp3) is 0.308. The molecule has 0 radical (unpaired) electrons. The third-order valence-electron chi connectivity index (χ3n) is 3.20. The van der Waals surface area contributed by atoms with Crippen LogP contribution in [-0.4, -0.2) is 30.4 Å². The Balaban J connectivity index is 2.23. The highest BCUT2D eigenvalue weighted by Crippen LogP contribution is 2.27. The number of rotatable bonds is 4. The Labute approximate surface area is 119 Å². The van der Waals surface area contributed by atoms with Crippen molar-refractivity contribution in [3.05, 3.63) is 24.3 Å². The molecule has 0 N–H and O–H groups in total. The van der Waals surface area contributed by atoms with Gasteiger partial charge in [-0.3, -0.25) is 4.40 Å². The lowest BCUT2D eigenvalue weighted by atomic mass is 10.3. The summed E-state index contributed by atoms with van der Waals surface area (Å²) in [7, 11) is 0. The molecule has 3 rings (SSSR count). The van der Waals surface area contributed by atoms with Crippen LogP contribution in [0.15, 0.2) is 29.4 Å². The zero-order valence-corrected chi connectivity index (χ0v) is 11.9. The van der Waals surface area contributed by atoms with E-state index in [2.05, 4.69) is 14.8 Å². The fourth-order valence-electron chi connectivity index (χ4n) is 2.23. The lowest BCUT2D eigenvalue weighted by molar-refractivity contribution is -0.304. The van der Waals surface area contributed by atoms with Crippen LogP contribution in [0.5, 0.6) is 0 Å². The molecule has 0 fully saturated rings. The minimum Gasteiger partial charge on any atom is -0.549 e. The van der Waals surface area contributed by atoms with Gasteiger partial charge in [-0.1, -0.05) is 23.9 Å². The third kappa shape index (κ3) is 1.85. The predicted molar refractivity (Wildman–Crippen MR) is 74.5 cm³/mol. The maximum atomic E-state index is 10.9. The van der Waals surface area contributed by atoms with Gasteiger partial charge in [0, 0.05) is 11.8 Å². The highest BCUT2D eigenvalue weighted by atomic mass is 32.2. The van der Waals surface area contributed by atoms with E-state index in [9.17, 15) is 9.90 Å². The maximum Gasteiger partial charge on any atom is 0.237 e. The molecular formula is C13H13N4O2S-. The van der Waals surface area contributed by atoms with Gasteiger partial charge in [0.1, 0.15) is 0 Å². The van der Waals surface area contributed by atoms with Crippen molar-refractivity contribution < 1.29 is 9.90 Å². The van der Waals surface area contributed by atoms with Crippen LogP contribution in [0.1, 0.15) is 13.8 Å². The highest BCUT2D eigenvalue weighted by Gasteiger charge is 2.18. The number of carbonyl (C=O) groups is 1. The van der Waals surface area contributed by atoms with Crippen molar-refractivity contribution in [3.8, 4) is 0 Å². The summed E-state index contributed by atoms with van der Waals surface area (Å²) < 4.78 is 3.94. The van der Waals surface area contributed by atoms with Crippen LogP contribution in [0.25, 0.3) is 16.8 Å². The van der Waals surface area contributed by atoms with Gasteiger partial charge in [0.2, 0.25) is 5.78 Å². The lowest BCUT2D eigenvalue weighted by Gasteiger charge is -2.09. The number of benzene rings is 1. The van der Waals surface area contributed by atoms with E-state index < -0.39 is 11.2 Å². The first-order valence-corrected chi connectivity index (χ1v) is 7.21. The Bertz CT molecular complexity index is 792. The number of aryl methyl sites for hydroxylation is 1.